The molecule has 0 aromatic heterocycles. The molecule has 0 bridgehead atoms. The van der Waals surface area contributed by atoms with Crippen molar-refractivity contribution in [2.75, 3.05) is 20.6 Å². The highest BCUT2D eigenvalue weighted by molar-refractivity contribution is 14.0. The number of amides is 1. The number of carbonyl (C=O) groups excluding carboxylic acids is 1. The van der Waals surface area contributed by atoms with Crippen molar-refractivity contribution in [3.63, 3.8) is 0 Å². The second-order valence-corrected chi connectivity index (χ2v) is 6.37. The third-order valence-electron chi connectivity index (χ3n) is 3.95. The van der Waals surface area contributed by atoms with Crippen LogP contribution in [0.4, 0.5) is 5.69 Å². The predicted molar refractivity (Wildman–Crippen MR) is 125 cm³/mol. The van der Waals surface area contributed by atoms with E-state index in [1.54, 1.807) is 38.4 Å². The van der Waals surface area contributed by atoms with Gasteiger partial charge in [0.15, 0.2) is 5.96 Å². The van der Waals surface area contributed by atoms with Gasteiger partial charge in [-0.05, 0) is 30.2 Å². The van der Waals surface area contributed by atoms with Gasteiger partial charge in [0.05, 0.1) is 11.5 Å². The first-order valence-corrected chi connectivity index (χ1v) is 8.96. The van der Waals surface area contributed by atoms with Gasteiger partial charge in [-0.2, -0.15) is 0 Å². The molecule has 0 atom stereocenters. The van der Waals surface area contributed by atoms with Crippen LogP contribution in [-0.4, -0.2) is 42.3 Å². The number of rotatable bonds is 7. The molecule has 2 rings (SSSR count). The molecule has 0 aliphatic carbocycles. The lowest BCUT2D eigenvalue weighted by Crippen LogP contribution is -2.36. The molecule has 1 amide bonds. The number of hydrogen-bond acceptors (Lipinski definition) is 4. The maximum atomic E-state index is 11.9. The number of non-ortho nitro benzene ring substituents is 1. The smallest absolute Gasteiger partial charge is 0.269 e. The van der Waals surface area contributed by atoms with Gasteiger partial charge in [-0.15, -0.1) is 24.0 Å². The minimum atomic E-state index is -0.415. The topological polar surface area (TPSA) is 99.9 Å². The van der Waals surface area contributed by atoms with Crippen molar-refractivity contribution in [1.29, 1.82) is 0 Å². The number of nitrogens with zero attached hydrogens (tertiary/aromatic N) is 3. The van der Waals surface area contributed by atoms with Crippen LogP contribution >= 0.6 is 24.0 Å². The number of nitro groups is 1. The summed E-state index contributed by atoms with van der Waals surface area (Å²) in [5.41, 5.74) is 2.47. The Balaban J connectivity index is 0.00000420. The molecule has 2 aromatic carbocycles. The molecule has 0 unspecified atom stereocenters. The Kier molecular flexibility index (Phi) is 10.1. The van der Waals surface area contributed by atoms with Crippen molar-refractivity contribution in [3.8, 4) is 0 Å². The zero-order valence-electron chi connectivity index (χ0n) is 16.7. The molecule has 0 fully saturated rings. The minimum Gasteiger partial charge on any atom is -0.357 e. The van der Waals surface area contributed by atoms with Crippen molar-refractivity contribution >= 4 is 41.5 Å². The maximum Gasteiger partial charge on any atom is 0.269 e. The summed E-state index contributed by atoms with van der Waals surface area (Å²) in [6, 6.07) is 13.8. The Morgan fingerprint density at radius 3 is 2.38 bits per heavy atom. The van der Waals surface area contributed by atoms with E-state index < -0.39 is 4.92 Å². The lowest BCUT2D eigenvalue weighted by atomic mass is 10.1. The molecular weight excluding hydrogens is 485 g/mol. The number of halogens is 1. The molecular formula is C20H26IN5O3. The third-order valence-corrected chi connectivity index (χ3v) is 3.95. The molecule has 0 saturated carbocycles. The summed E-state index contributed by atoms with van der Waals surface area (Å²) in [5.74, 6) is 0.578. The molecule has 8 nitrogen and oxygen atoms in total. The predicted octanol–water partition coefficient (Wildman–Crippen LogP) is 3.17. The van der Waals surface area contributed by atoms with Gasteiger partial charge in [0.25, 0.3) is 11.6 Å². The minimum absolute atomic E-state index is 0. The normalized spacial score (nSPS) is 10.7. The number of carbonyl (C=O) groups is 1. The molecule has 0 spiro atoms. The summed E-state index contributed by atoms with van der Waals surface area (Å²) in [7, 11) is 3.44. The zero-order chi connectivity index (χ0) is 20.5. The number of nitro benzene ring substituents is 1. The Labute approximate surface area is 187 Å². The second-order valence-electron chi connectivity index (χ2n) is 6.37. The molecule has 0 radical (unpaired) electrons. The lowest BCUT2D eigenvalue weighted by Gasteiger charge is -2.13. The second kappa shape index (κ2) is 12.0. The average Bonchev–Trinajstić information content (AvgIpc) is 2.70. The van der Waals surface area contributed by atoms with Gasteiger partial charge in [0.1, 0.15) is 0 Å². The Hall–Kier alpha value is -2.69. The summed E-state index contributed by atoms with van der Waals surface area (Å²) in [5, 5.41) is 17.3. The van der Waals surface area contributed by atoms with Crippen molar-refractivity contribution < 1.29 is 9.72 Å². The van der Waals surface area contributed by atoms with Crippen LogP contribution in [0.25, 0.3) is 0 Å². The van der Waals surface area contributed by atoms with Crippen LogP contribution in [0.15, 0.2) is 53.5 Å². The molecule has 2 aromatic rings. The van der Waals surface area contributed by atoms with Crippen LogP contribution in [0, 0.1) is 10.1 Å². The average molecular weight is 511 g/mol. The lowest BCUT2D eigenvalue weighted by molar-refractivity contribution is -0.384. The monoisotopic (exact) mass is 511 g/mol. The first kappa shape index (κ1) is 24.3. The van der Waals surface area contributed by atoms with Gasteiger partial charge < -0.3 is 15.5 Å². The first-order chi connectivity index (χ1) is 13.4. The molecule has 0 heterocycles. The van der Waals surface area contributed by atoms with E-state index in [9.17, 15) is 14.9 Å². The van der Waals surface area contributed by atoms with E-state index in [0.717, 1.165) is 11.1 Å². The van der Waals surface area contributed by atoms with Crippen LogP contribution in [0.3, 0.4) is 0 Å². The highest BCUT2D eigenvalue weighted by atomic mass is 127. The van der Waals surface area contributed by atoms with Gasteiger partial charge in [0, 0.05) is 44.9 Å². The third kappa shape index (κ3) is 7.68. The molecule has 29 heavy (non-hydrogen) atoms. The van der Waals surface area contributed by atoms with E-state index >= 15 is 0 Å². The van der Waals surface area contributed by atoms with Crippen LogP contribution < -0.4 is 10.6 Å². The Morgan fingerprint density at radius 2 is 1.79 bits per heavy atom. The van der Waals surface area contributed by atoms with Gasteiger partial charge in [-0.25, -0.2) is 4.99 Å². The number of nitrogens with one attached hydrogen (secondary N) is 2. The summed E-state index contributed by atoms with van der Waals surface area (Å²) in [6.07, 6.45) is 0. The fraction of sp³-hybridized carbons (Fsp3) is 0.300. The van der Waals surface area contributed by atoms with E-state index in [4.69, 9.17) is 0 Å². The standard InChI is InChI=1S/C20H25N5O3.HI/c1-4-21-20(23-14-16-6-5-7-18(12-16)25(27)28)22-13-15-8-10-17(11-9-15)19(26)24(2)3;/h5-12H,4,13-14H2,1-3H3,(H2,21,22,23);1H. The fourth-order valence-corrected chi connectivity index (χ4v) is 2.49. The van der Waals surface area contributed by atoms with Gasteiger partial charge in [-0.1, -0.05) is 24.3 Å². The van der Waals surface area contributed by atoms with Crippen molar-refractivity contribution in [1.82, 2.24) is 15.5 Å². The van der Waals surface area contributed by atoms with Gasteiger partial charge in [0.2, 0.25) is 0 Å². The van der Waals surface area contributed by atoms with E-state index in [0.29, 0.717) is 31.2 Å². The number of hydrogen-bond donors (Lipinski definition) is 2. The van der Waals surface area contributed by atoms with Crippen LogP contribution in [0.1, 0.15) is 28.4 Å². The van der Waals surface area contributed by atoms with E-state index in [1.165, 1.54) is 17.0 Å². The quantitative estimate of drug-likeness (QED) is 0.196. The fourth-order valence-electron chi connectivity index (χ4n) is 2.49. The Morgan fingerprint density at radius 1 is 1.10 bits per heavy atom. The molecule has 0 saturated heterocycles. The highest BCUT2D eigenvalue weighted by Crippen LogP contribution is 2.13. The number of guanidine groups is 1. The van der Waals surface area contributed by atoms with Crippen LogP contribution in [0.2, 0.25) is 0 Å². The molecule has 0 aliphatic rings. The highest BCUT2D eigenvalue weighted by Gasteiger charge is 2.08. The molecule has 2 N–H and O–H groups in total. The number of benzene rings is 2. The van der Waals surface area contributed by atoms with Crippen molar-refractivity contribution in [2.24, 2.45) is 4.99 Å². The van der Waals surface area contributed by atoms with Gasteiger partial charge >= 0.3 is 0 Å². The first-order valence-electron chi connectivity index (χ1n) is 8.96. The van der Waals surface area contributed by atoms with Crippen LogP contribution in [0.5, 0.6) is 0 Å². The zero-order valence-corrected chi connectivity index (χ0v) is 19.0. The largest absolute Gasteiger partial charge is 0.357 e. The van der Waals surface area contributed by atoms with Crippen LogP contribution in [-0.2, 0) is 13.1 Å². The summed E-state index contributed by atoms with van der Waals surface area (Å²) in [4.78, 5) is 28.4. The van der Waals surface area contributed by atoms with E-state index in [-0.39, 0.29) is 35.6 Å². The summed E-state index contributed by atoms with van der Waals surface area (Å²) in [6.45, 7) is 3.52. The molecule has 156 valence electrons. The van der Waals surface area contributed by atoms with Gasteiger partial charge in [-0.3, -0.25) is 14.9 Å². The Bertz CT molecular complexity index is 853. The maximum absolute atomic E-state index is 11.9. The van der Waals surface area contributed by atoms with Crippen molar-refractivity contribution in [3.05, 3.63) is 75.3 Å². The van der Waals surface area contributed by atoms with Crippen molar-refractivity contribution in [2.45, 2.75) is 20.0 Å². The van der Waals surface area contributed by atoms with E-state index in [1.807, 2.05) is 19.1 Å². The van der Waals surface area contributed by atoms with E-state index in [2.05, 4.69) is 15.6 Å². The SMILES string of the molecule is CCNC(=NCc1cccc([N+](=O)[O-])c1)NCc1ccc(C(=O)N(C)C)cc1.I. The molecule has 9 heteroatoms. The number of aliphatic imine (C=N–C) groups is 1. The molecule has 0 aliphatic heterocycles. The summed E-state index contributed by atoms with van der Waals surface area (Å²) < 4.78 is 0. The summed E-state index contributed by atoms with van der Waals surface area (Å²) >= 11 is 0.